The summed E-state index contributed by atoms with van der Waals surface area (Å²) in [4.78, 5) is 19.0. The highest BCUT2D eigenvalue weighted by atomic mass is 32.2. The van der Waals surface area contributed by atoms with Gasteiger partial charge in [0.1, 0.15) is 15.7 Å². The molecule has 3 heterocycles. The number of carbonyl (C=O) groups excluding carboxylic acids is 1. The molecule has 0 saturated carbocycles. The van der Waals surface area contributed by atoms with Crippen LogP contribution >= 0.6 is 34.4 Å². The van der Waals surface area contributed by atoms with E-state index in [-0.39, 0.29) is 5.78 Å². The summed E-state index contributed by atoms with van der Waals surface area (Å²) in [6, 6.07) is 17.3. The second kappa shape index (κ2) is 8.12. The quantitative estimate of drug-likeness (QED) is 0.306. The number of aryl methyl sites for hydroxylation is 1. The predicted octanol–water partition coefficient (Wildman–Crippen LogP) is 5.61. The summed E-state index contributed by atoms with van der Waals surface area (Å²) in [5.74, 6) is 0.436. The van der Waals surface area contributed by atoms with E-state index >= 15 is 0 Å². The van der Waals surface area contributed by atoms with E-state index in [9.17, 15) is 4.79 Å². The van der Waals surface area contributed by atoms with Crippen LogP contribution in [0.2, 0.25) is 0 Å². The van der Waals surface area contributed by atoms with Gasteiger partial charge in [-0.2, -0.15) is 0 Å². The van der Waals surface area contributed by atoms with Crippen molar-refractivity contribution in [2.45, 2.75) is 11.9 Å². The van der Waals surface area contributed by atoms with Gasteiger partial charge in [-0.15, -0.1) is 32.9 Å². The molecular formula is C20H15N3OS3. The molecule has 0 aliphatic rings. The second-order valence-electron chi connectivity index (χ2n) is 5.75. The van der Waals surface area contributed by atoms with E-state index in [1.165, 1.54) is 11.8 Å². The second-order valence-corrected chi connectivity index (χ2v) is 8.69. The van der Waals surface area contributed by atoms with Crippen molar-refractivity contribution in [3.8, 4) is 20.5 Å². The molecule has 0 aliphatic heterocycles. The number of hydrogen-bond acceptors (Lipinski definition) is 7. The molecule has 0 aliphatic carbocycles. The van der Waals surface area contributed by atoms with Gasteiger partial charge in [-0.25, -0.2) is 4.98 Å². The molecule has 4 aromatic rings. The maximum Gasteiger partial charge on any atom is 0.173 e. The Bertz CT molecular complexity index is 1040. The molecule has 0 N–H and O–H groups in total. The van der Waals surface area contributed by atoms with Crippen LogP contribution in [0.4, 0.5) is 0 Å². The first-order chi connectivity index (χ1) is 13.2. The van der Waals surface area contributed by atoms with E-state index in [1.807, 2.05) is 60.8 Å². The smallest absolute Gasteiger partial charge is 0.173 e. The van der Waals surface area contributed by atoms with Gasteiger partial charge in [0.25, 0.3) is 0 Å². The third kappa shape index (κ3) is 4.16. The number of carbonyl (C=O) groups is 1. The van der Waals surface area contributed by atoms with E-state index in [2.05, 4.69) is 21.2 Å². The largest absolute Gasteiger partial charge is 0.293 e. The molecule has 0 bridgehead atoms. The normalized spacial score (nSPS) is 10.9. The molecule has 3 aromatic heterocycles. The van der Waals surface area contributed by atoms with Crippen molar-refractivity contribution in [1.82, 2.24) is 15.2 Å². The summed E-state index contributed by atoms with van der Waals surface area (Å²) in [6.07, 6.45) is 0. The summed E-state index contributed by atoms with van der Waals surface area (Å²) in [5, 5.41) is 12.4. The number of ketones is 1. The summed E-state index contributed by atoms with van der Waals surface area (Å²) >= 11 is 4.71. The van der Waals surface area contributed by atoms with E-state index in [0.29, 0.717) is 5.75 Å². The monoisotopic (exact) mass is 409 g/mol. The van der Waals surface area contributed by atoms with Gasteiger partial charge in [0.05, 0.1) is 21.2 Å². The number of benzene rings is 1. The zero-order valence-electron chi connectivity index (χ0n) is 14.5. The molecule has 27 heavy (non-hydrogen) atoms. The molecule has 134 valence electrons. The van der Waals surface area contributed by atoms with Crippen molar-refractivity contribution < 1.29 is 4.79 Å². The van der Waals surface area contributed by atoms with E-state index < -0.39 is 0 Å². The van der Waals surface area contributed by atoms with Crippen molar-refractivity contribution in [2.24, 2.45) is 0 Å². The van der Waals surface area contributed by atoms with Crippen LogP contribution in [0.3, 0.4) is 0 Å². The average molecular weight is 410 g/mol. The zero-order chi connectivity index (χ0) is 18.6. The average Bonchev–Trinajstić information content (AvgIpc) is 3.37. The summed E-state index contributed by atoms with van der Waals surface area (Å²) in [5.41, 5.74) is 2.49. The molecular weight excluding hydrogens is 394 g/mol. The molecule has 0 amide bonds. The minimum Gasteiger partial charge on any atom is -0.293 e. The van der Waals surface area contributed by atoms with Crippen molar-refractivity contribution in [3.05, 3.63) is 71.2 Å². The lowest BCUT2D eigenvalue weighted by Gasteiger charge is -2.02. The van der Waals surface area contributed by atoms with Gasteiger partial charge in [-0.3, -0.25) is 4.79 Å². The van der Waals surface area contributed by atoms with Gasteiger partial charge < -0.3 is 0 Å². The van der Waals surface area contributed by atoms with Gasteiger partial charge >= 0.3 is 0 Å². The van der Waals surface area contributed by atoms with Crippen LogP contribution in [0.25, 0.3) is 20.5 Å². The maximum absolute atomic E-state index is 12.2. The van der Waals surface area contributed by atoms with E-state index in [0.717, 1.165) is 36.7 Å². The first-order valence-corrected chi connectivity index (χ1v) is 11.0. The van der Waals surface area contributed by atoms with E-state index in [4.69, 9.17) is 0 Å². The van der Waals surface area contributed by atoms with Crippen LogP contribution in [0.15, 0.2) is 65.0 Å². The Morgan fingerprint density at radius 2 is 1.89 bits per heavy atom. The number of rotatable bonds is 6. The molecule has 0 fully saturated rings. The van der Waals surface area contributed by atoms with Gasteiger partial charge in [0.15, 0.2) is 5.78 Å². The first kappa shape index (κ1) is 18.0. The molecule has 0 spiro atoms. The van der Waals surface area contributed by atoms with Gasteiger partial charge in [-0.1, -0.05) is 48.2 Å². The minimum absolute atomic E-state index is 0.0883. The Hall–Kier alpha value is -2.35. The van der Waals surface area contributed by atoms with Crippen LogP contribution in [0.1, 0.15) is 16.1 Å². The predicted molar refractivity (Wildman–Crippen MR) is 113 cm³/mol. The Morgan fingerprint density at radius 1 is 1.04 bits per heavy atom. The lowest BCUT2D eigenvalue weighted by Crippen LogP contribution is -2.02. The lowest BCUT2D eigenvalue weighted by molar-refractivity contribution is 0.102. The highest BCUT2D eigenvalue weighted by molar-refractivity contribution is 7.99. The first-order valence-electron chi connectivity index (χ1n) is 8.27. The van der Waals surface area contributed by atoms with Gasteiger partial charge in [0, 0.05) is 5.56 Å². The SMILES string of the molecule is Cc1nc(-c2cccs2)sc1-c1ccc(SCC(=O)c2ccccc2)nn1. The molecule has 0 radical (unpaired) electrons. The molecule has 0 atom stereocenters. The Labute approximate surface area is 169 Å². The fourth-order valence-electron chi connectivity index (χ4n) is 2.50. The number of nitrogens with zero attached hydrogens (tertiary/aromatic N) is 3. The molecule has 4 nitrogen and oxygen atoms in total. The van der Waals surface area contributed by atoms with Crippen LogP contribution in [-0.4, -0.2) is 26.7 Å². The van der Waals surface area contributed by atoms with Crippen molar-refractivity contribution in [2.75, 3.05) is 5.75 Å². The Balaban J connectivity index is 1.46. The maximum atomic E-state index is 12.2. The standard InChI is InChI=1S/C20H15N3OS3/c1-13-19(27-20(21-13)17-8-5-11-25-17)15-9-10-18(23-22-15)26-12-16(24)14-6-3-2-4-7-14/h2-11H,12H2,1H3. The number of thioether (sulfide) groups is 1. The summed E-state index contributed by atoms with van der Waals surface area (Å²) in [6.45, 7) is 1.99. The molecule has 0 saturated heterocycles. The third-order valence-corrected chi connectivity index (χ3v) is 6.99. The molecule has 0 unspecified atom stereocenters. The van der Waals surface area contributed by atoms with Crippen LogP contribution in [0, 0.1) is 6.92 Å². The minimum atomic E-state index is 0.0883. The highest BCUT2D eigenvalue weighted by Gasteiger charge is 2.14. The summed E-state index contributed by atoms with van der Waals surface area (Å²) < 4.78 is 0. The van der Waals surface area contributed by atoms with Gasteiger partial charge in [0.2, 0.25) is 0 Å². The number of thiophene rings is 1. The number of hydrogen-bond donors (Lipinski definition) is 0. The van der Waals surface area contributed by atoms with Crippen LogP contribution < -0.4 is 0 Å². The molecule has 7 heteroatoms. The number of aromatic nitrogens is 3. The summed E-state index contributed by atoms with van der Waals surface area (Å²) in [7, 11) is 0. The van der Waals surface area contributed by atoms with Crippen molar-refractivity contribution >= 4 is 40.2 Å². The van der Waals surface area contributed by atoms with Crippen LogP contribution in [0.5, 0.6) is 0 Å². The van der Waals surface area contributed by atoms with Gasteiger partial charge in [-0.05, 0) is 30.5 Å². The fraction of sp³-hybridized carbons (Fsp3) is 0.100. The molecule has 1 aromatic carbocycles. The van der Waals surface area contributed by atoms with Crippen molar-refractivity contribution in [1.29, 1.82) is 0 Å². The van der Waals surface area contributed by atoms with E-state index in [1.54, 1.807) is 22.7 Å². The number of thiazole rings is 1. The highest BCUT2D eigenvalue weighted by Crippen LogP contribution is 2.36. The third-order valence-electron chi connectivity index (χ3n) is 3.85. The Morgan fingerprint density at radius 3 is 2.59 bits per heavy atom. The zero-order valence-corrected chi connectivity index (χ0v) is 16.9. The topological polar surface area (TPSA) is 55.7 Å². The molecule has 4 rings (SSSR count). The number of Topliss-reactive ketones (excluding diaryl/α,β-unsaturated/α-hetero) is 1. The Kier molecular flexibility index (Phi) is 5.42. The fourth-order valence-corrected chi connectivity index (χ4v) is 5.04. The lowest BCUT2D eigenvalue weighted by atomic mass is 10.2. The van der Waals surface area contributed by atoms with Crippen molar-refractivity contribution in [3.63, 3.8) is 0 Å². The van der Waals surface area contributed by atoms with Crippen LogP contribution in [-0.2, 0) is 0 Å².